The van der Waals surface area contributed by atoms with Gasteiger partial charge in [-0.2, -0.15) is 0 Å². The fourth-order valence-electron chi connectivity index (χ4n) is 4.05. The average Bonchev–Trinajstić information content (AvgIpc) is 3.23. The number of ether oxygens (including phenoxy) is 1. The third-order valence-corrected chi connectivity index (χ3v) is 5.32. The average molecular weight is 368 g/mol. The van der Waals surface area contributed by atoms with E-state index >= 15 is 0 Å². The van der Waals surface area contributed by atoms with E-state index in [9.17, 15) is 9.59 Å². The van der Waals surface area contributed by atoms with Crippen molar-refractivity contribution in [3.05, 3.63) is 47.2 Å². The van der Waals surface area contributed by atoms with E-state index in [-0.39, 0.29) is 24.5 Å². The number of carbonyl (C=O) groups excluding carboxylic acids is 2. The second kappa shape index (κ2) is 8.42. The Balaban J connectivity index is 1.98. The van der Waals surface area contributed by atoms with E-state index in [0.29, 0.717) is 12.2 Å². The predicted molar refractivity (Wildman–Crippen MR) is 106 cm³/mol. The fourth-order valence-corrected chi connectivity index (χ4v) is 4.05. The Hall–Kier alpha value is -2.56. The molecule has 27 heavy (non-hydrogen) atoms. The summed E-state index contributed by atoms with van der Waals surface area (Å²) in [6.07, 6.45) is 4.45. The van der Waals surface area contributed by atoms with Gasteiger partial charge in [0.05, 0.1) is 17.9 Å². The van der Waals surface area contributed by atoms with E-state index in [1.165, 1.54) is 12.8 Å². The summed E-state index contributed by atoms with van der Waals surface area (Å²) in [5.41, 5.74) is 4.07. The standard InChI is InChI=1S/C22H28N2O3/c1-4-27-22(26)20-15(2)21(17-10-6-5-7-11-17)24(16(20)3)14-19(25)23-18-12-8-9-13-18/h5-7,10-11,18H,4,8-9,12-14H2,1-3H3,(H,23,25). The summed E-state index contributed by atoms with van der Waals surface area (Å²) in [5, 5.41) is 3.14. The van der Waals surface area contributed by atoms with Gasteiger partial charge >= 0.3 is 5.97 Å². The molecule has 2 aromatic rings. The molecule has 0 radical (unpaired) electrons. The normalized spacial score (nSPS) is 14.3. The maximum atomic E-state index is 12.7. The van der Waals surface area contributed by atoms with Crippen molar-refractivity contribution in [2.75, 3.05) is 6.61 Å². The van der Waals surface area contributed by atoms with E-state index in [1.54, 1.807) is 6.92 Å². The molecule has 1 aliphatic rings. The number of esters is 1. The minimum absolute atomic E-state index is 0.00686. The molecular weight excluding hydrogens is 340 g/mol. The second-order valence-electron chi connectivity index (χ2n) is 7.16. The molecule has 1 N–H and O–H groups in total. The van der Waals surface area contributed by atoms with Gasteiger partial charge in [0, 0.05) is 11.7 Å². The Bertz CT molecular complexity index is 818. The zero-order chi connectivity index (χ0) is 19.4. The molecule has 1 amide bonds. The van der Waals surface area contributed by atoms with Gasteiger partial charge in [0.2, 0.25) is 5.91 Å². The van der Waals surface area contributed by atoms with Crippen LogP contribution in [0.15, 0.2) is 30.3 Å². The molecule has 3 rings (SSSR count). The van der Waals surface area contributed by atoms with Crippen molar-refractivity contribution in [1.29, 1.82) is 0 Å². The highest BCUT2D eigenvalue weighted by Crippen LogP contribution is 2.31. The minimum Gasteiger partial charge on any atom is -0.462 e. The molecule has 1 aliphatic carbocycles. The van der Waals surface area contributed by atoms with Crippen LogP contribution >= 0.6 is 0 Å². The molecule has 0 saturated heterocycles. The molecule has 144 valence electrons. The van der Waals surface area contributed by atoms with Crippen molar-refractivity contribution in [2.45, 2.75) is 59.0 Å². The molecule has 1 fully saturated rings. The lowest BCUT2D eigenvalue weighted by Crippen LogP contribution is -2.35. The Kier molecular flexibility index (Phi) is 5.99. The van der Waals surface area contributed by atoms with Crippen LogP contribution in [0.5, 0.6) is 0 Å². The van der Waals surface area contributed by atoms with Crippen LogP contribution in [0.3, 0.4) is 0 Å². The Morgan fingerprint density at radius 2 is 1.81 bits per heavy atom. The summed E-state index contributed by atoms with van der Waals surface area (Å²) >= 11 is 0. The van der Waals surface area contributed by atoms with Gasteiger partial charge in [-0.05, 0) is 44.7 Å². The molecular formula is C22H28N2O3. The summed E-state index contributed by atoms with van der Waals surface area (Å²) < 4.78 is 7.20. The lowest BCUT2D eigenvalue weighted by Gasteiger charge is -2.16. The zero-order valence-electron chi connectivity index (χ0n) is 16.4. The molecule has 1 aromatic heterocycles. The highest BCUT2D eigenvalue weighted by Gasteiger charge is 2.26. The van der Waals surface area contributed by atoms with Gasteiger partial charge in [0.1, 0.15) is 6.54 Å². The third-order valence-electron chi connectivity index (χ3n) is 5.32. The van der Waals surface area contributed by atoms with Gasteiger partial charge < -0.3 is 14.6 Å². The molecule has 1 aromatic carbocycles. The maximum Gasteiger partial charge on any atom is 0.340 e. The van der Waals surface area contributed by atoms with E-state index in [2.05, 4.69) is 5.32 Å². The fraction of sp³-hybridized carbons (Fsp3) is 0.455. The molecule has 5 nitrogen and oxygen atoms in total. The van der Waals surface area contributed by atoms with Crippen LogP contribution in [0.1, 0.15) is 54.2 Å². The van der Waals surface area contributed by atoms with Crippen LogP contribution in [0.4, 0.5) is 0 Å². The topological polar surface area (TPSA) is 60.3 Å². The van der Waals surface area contributed by atoms with Crippen molar-refractivity contribution in [3.8, 4) is 11.3 Å². The van der Waals surface area contributed by atoms with E-state index in [0.717, 1.165) is 35.4 Å². The van der Waals surface area contributed by atoms with Gasteiger partial charge in [-0.25, -0.2) is 4.79 Å². The molecule has 0 atom stereocenters. The Morgan fingerprint density at radius 1 is 1.15 bits per heavy atom. The number of aromatic nitrogens is 1. The number of carbonyl (C=O) groups is 2. The number of benzene rings is 1. The van der Waals surface area contributed by atoms with Crippen molar-refractivity contribution in [3.63, 3.8) is 0 Å². The lowest BCUT2D eigenvalue weighted by molar-refractivity contribution is -0.122. The molecule has 0 spiro atoms. The number of rotatable bonds is 6. The van der Waals surface area contributed by atoms with Gasteiger partial charge in [-0.1, -0.05) is 43.2 Å². The van der Waals surface area contributed by atoms with Crippen LogP contribution in [0, 0.1) is 13.8 Å². The smallest absolute Gasteiger partial charge is 0.340 e. The first-order valence-electron chi connectivity index (χ1n) is 9.74. The number of amides is 1. The first kappa shape index (κ1) is 19.2. The van der Waals surface area contributed by atoms with Gasteiger partial charge in [-0.15, -0.1) is 0 Å². The van der Waals surface area contributed by atoms with Gasteiger partial charge in [0.25, 0.3) is 0 Å². The molecule has 0 aliphatic heterocycles. The van der Waals surface area contributed by atoms with Crippen molar-refractivity contribution < 1.29 is 14.3 Å². The van der Waals surface area contributed by atoms with Crippen LogP contribution in [0.2, 0.25) is 0 Å². The Labute approximate surface area is 160 Å². The molecule has 1 heterocycles. The van der Waals surface area contributed by atoms with Crippen LogP contribution in [-0.2, 0) is 16.1 Å². The predicted octanol–water partition coefficient (Wildman–Crippen LogP) is 4.01. The summed E-state index contributed by atoms with van der Waals surface area (Å²) in [5.74, 6) is -0.341. The SMILES string of the molecule is CCOC(=O)c1c(C)c(-c2ccccc2)n(CC(=O)NC2CCCC2)c1C. The van der Waals surface area contributed by atoms with Crippen molar-refractivity contribution in [1.82, 2.24) is 9.88 Å². The first-order chi connectivity index (χ1) is 13.0. The maximum absolute atomic E-state index is 12.7. The largest absolute Gasteiger partial charge is 0.462 e. The van der Waals surface area contributed by atoms with E-state index < -0.39 is 0 Å². The van der Waals surface area contributed by atoms with Crippen LogP contribution in [0.25, 0.3) is 11.3 Å². The van der Waals surface area contributed by atoms with Crippen molar-refractivity contribution >= 4 is 11.9 Å². The van der Waals surface area contributed by atoms with Gasteiger partial charge in [0.15, 0.2) is 0 Å². The van der Waals surface area contributed by atoms with Crippen LogP contribution < -0.4 is 5.32 Å². The zero-order valence-corrected chi connectivity index (χ0v) is 16.4. The highest BCUT2D eigenvalue weighted by molar-refractivity contribution is 5.95. The quantitative estimate of drug-likeness (QED) is 0.784. The summed E-state index contributed by atoms with van der Waals surface area (Å²) in [6, 6.07) is 10.2. The summed E-state index contributed by atoms with van der Waals surface area (Å²) in [4.78, 5) is 25.2. The van der Waals surface area contributed by atoms with Crippen LogP contribution in [-0.4, -0.2) is 29.1 Å². The minimum atomic E-state index is -0.334. The highest BCUT2D eigenvalue weighted by atomic mass is 16.5. The van der Waals surface area contributed by atoms with Gasteiger partial charge in [-0.3, -0.25) is 4.79 Å². The van der Waals surface area contributed by atoms with Crippen molar-refractivity contribution in [2.24, 2.45) is 0 Å². The number of hydrogen-bond acceptors (Lipinski definition) is 3. The Morgan fingerprint density at radius 3 is 2.44 bits per heavy atom. The third kappa shape index (κ3) is 4.07. The van der Waals surface area contributed by atoms with E-state index in [4.69, 9.17) is 4.74 Å². The number of hydrogen-bond donors (Lipinski definition) is 1. The van der Waals surface area contributed by atoms with E-state index in [1.807, 2.05) is 48.7 Å². The second-order valence-corrected chi connectivity index (χ2v) is 7.16. The lowest BCUT2D eigenvalue weighted by atomic mass is 10.1. The molecule has 5 heteroatoms. The number of nitrogens with zero attached hydrogens (tertiary/aromatic N) is 1. The monoisotopic (exact) mass is 368 g/mol. The number of nitrogens with one attached hydrogen (secondary N) is 1. The first-order valence-corrected chi connectivity index (χ1v) is 9.74. The summed E-state index contributed by atoms with van der Waals surface area (Å²) in [6.45, 7) is 6.13. The summed E-state index contributed by atoms with van der Waals surface area (Å²) in [7, 11) is 0. The molecule has 0 unspecified atom stereocenters. The molecule has 1 saturated carbocycles. The molecule has 0 bridgehead atoms.